The van der Waals surface area contributed by atoms with E-state index in [1.54, 1.807) is 0 Å². The van der Waals surface area contributed by atoms with Crippen molar-refractivity contribution in [3.63, 3.8) is 0 Å². The van der Waals surface area contributed by atoms with Crippen LogP contribution in [-0.4, -0.2) is 45.8 Å². The quantitative estimate of drug-likeness (QED) is 0.863. The van der Waals surface area contributed by atoms with Crippen molar-refractivity contribution in [1.29, 1.82) is 0 Å². The van der Waals surface area contributed by atoms with E-state index in [-0.39, 0.29) is 5.91 Å². The Morgan fingerprint density at radius 1 is 1.13 bits per heavy atom. The van der Waals surface area contributed by atoms with Gasteiger partial charge in [0, 0.05) is 53.9 Å². The summed E-state index contributed by atoms with van der Waals surface area (Å²) in [6.07, 6.45) is 0. The van der Waals surface area contributed by atoms with Gasteiger partial charge in [-0.2, -0.15) is 0 Å². The van der Waals surface area contributed by atoms with Crippen molar-refractivity contribution in [2.24, 2.45) is 0 Å². The molecular formula is C17H21N3O2S. The van der Waals surface area contributed by atoms with Crippen LogP contribution in [0, 0.1) is 13.8 Å². The van der Waals surface area contributed by atoms with Gasteiger partial charge in [-0.3, -0.25) is 9.00 Å². The van der Waals surface area contributed by atoms with Gasteiger partial charge < -0.3 is 14.8 Å². The van der Waals surface area contributed by atoms with E-state index in [1.807, 2.05) is 6.92 Å². The zero-order valence-electron chi connectivity index (χ0n) is 13.5. The first-order chi connectivity index (χ1) is 11.1. The molecule has 2 aliphatic rings. The molecule has 0 unspecified atom stereocenters. The van der Waals surface area contributed by atoms with Crippen LogP contribution in [0.5, 0.6) is 0 Å². The first kappa shape index (κ1) is 14.8. The van der Waals surface area contributed by atoms with E-state index in [1.165, 1.54) is 16.6 Å². The number of carbonyl (C=O) groups is 1. The number of hydrogen-bond acceptors (Lipinski definition) is 3. The average molecular weight is 331 g/mol. The molecule has 0 saturated carbocycles. The number of aromatic nitrogens is 1. The third-order valence-electron chi connectivity index (χ3n) is 4.89. The smallest absolute Gasteiger partial charge is 0.268 e. The maximum Gasteiger partial charge on any atom is 0.268 e. The Labute approximate surface area is 138 Å². The van der Waals surface area contributed by atoms with Crippen LogP contribution in [0.1, 0.15) is 21.6 Å². The molecule has 0 bridgehead atoms. The van der Waals surface area contributed by atoms with Gasteiger partial charge in [-0.15, -0.1) is 0 Å². The second-order valence-electron chi connectivity index (χ2n) is 6.40. The van der Waals surface area contributed by atoms with Crippen LogP contribution in [-0.2, 0) is 17.3 Å². The highest BCUT2D eigenvalue weighted by atomic mass is 32.2. The van der Waals surface area contributed by atoms with Crippen LogP contribution in [0.25, 0.3) is 10.9 Å². The summed E-state index contributed by atoms with van der Waals surface area (Å²) in [5, 5.41) is 4.11. The Morgan fingerprint density at radius 2 is 1.87 bits per heavy atom. The Bertz CT molecular complexity index is 830. The van der Waals surface area contributed by atoms with Crippen LogP contribution in [0.3, 0.4) is 0 Å². The lowest BCUT2D eigenvalue weighted by molar-refractivity contribution is 0.0928. The lowest BCUT2D eigenvalue weighted by Gasteiger charge is -2.30. The van der Waals surface area contributed by atoms with Gasteiger partial charge in [0.2, 0.25) is 0 Å². The summed E-state index contributed by atoms with van der Waals surface area (Å²) < 4.78 is 13.8. The second kappa shape index (κ2) is 5.37. The number of amides is 1. The Kier molecular flexibility index (Phi) is 3.44. The molecule has 23 heavy (non-hydrogen) atoms. The lowest BCUT2D eigenvalue weighted by atomic mass is 10.1. The molecule has 1 amide bonds. The van der Waals surface area contributed by atoms with Gasteiger partial charge in [0.15, 0.2) is 0 Å². The Morgan fingerprint density at radius 3 is 2.61 bits per heavy atom. The normalized spacial score (nSPS) is 19.0. The molecule has 2 aromatic rings. The highest BCUT2D eigenvalue weighted by Crippen LogP contribution is 2.35. The van der Waals surface area contributed by atoms with Gasteiger partial charge in [0.25, 0.3) is 5.91 Å². The lowest BCUT2D eigenvalue weighted by Crippen LogP contribution is -2.38. The van der Waals surface area contributed by atoms with E-state index in [4.69, 9.17) is 0 Å². The summed E-state index contributed by atoms with van der Waals surface area (Å²) >= 11 is 0. The molecule has 0 aliphatic carbocycles. The highest BCUT2D eigenvalue weighted by Gasteiger charge is 2.27. The van der Waals surface area contributed by atoms with Gasteiger partial charge in [-0.05, 0) is 37.1 Å². The van der Waals surface area contributed by atoms with Crippen molar-refractivity contribution in [2.45, 2.75) is 20.4 Å². The minimum absolute atomic E-state index is 0.0216. The number of nitrogens with zero attached hydrogens (tertiary/aromatic N) is 2. The summed E-state index contributed by atoms with van der Waals surface area (Å²) in [6, 6.07) is 4.38. The first-order valence-electron chi connectivity index (χ1n) is 8.08. The number of fused-ring (bicyclic) bond motifs is 3. The van der Waals surface area contributed by atoms with E-state index in [9.17, 15) is 9.00 Å². The predicted molar refractivity (Wildman–Crippen MR) is 93.8 cm³/mol. The third kappa shape index (κ3) is 2.27. The number of nitrogens with one attached hydrogen (secondary N) is 1. The van der Waals surface area contributed by atoms with E-state index in [2.05, 4.69) is 33.8 Å². The molecular weight excluding hydrogens is 310 g/mol. The number of carbonyl (C=O) groups excluding carboxylic acids is 1. The zero-order valence-corrected chi connectivity index (χ0v) is 14.3. The number of aryl methyl sites for hydroxylation is 2. The van der Waals surface area contributed by atoms with Gasteiger partial charge >= 0.3 is 0 Å². The van der Waals surface area contributed by atoms with E-state index in [0.717, 1.165) is 47.9 Å². The fourth-order valence-corrected chi connectivity index (χ4v) is 4.82. The van der Waals surface area contributed by atoms with Crippen molar-refractivity contribution in [3.05, 3.63) is 29.0 Å². The maximum absolute atomic E-state index is 12.3. The molecule has 6 heteroatoms. The van der Waals surface area contributed by atoms with Crippen LogP contribution in [0.4, 0.5) is 5.69 Å². The number of rotatable bonds is 1. The van der Waals surface area contributed by atoms with Crippen molar-refractivity contribution in [2.75, 3.05) is 36.0 Å². The summed E-state index contributed by atoms with van der Waals surface area (Å²) in [5.74, 6) is 1.47. The van der Waals surface area contributed by atoms with Crippen molar-refractivity contribution < 1.29 is 9.00 Å². The minimum atomic E-state index is -0.689. The Balaban J connectivity index is 1.95. The fraction of sp³-hybridized carbons (Fsp3) is 0.471. The molecule has 1 N–H and O–H groups in total. The average Bonchev–Trinajstić information content (AvgIpc) is 2.82. The monoisotopic (exact) mass is 331 g/mol. The maximum atomic E-state index is 12.3. The molecule has 1 aromatic carbocycles. The van der Waals surface area contributed by atoms with Crippen LogP contribution < -0.4 is 10.2 Å². The van der Waals surface area contributed by atoms with Crippen LogP contribution in [0.2, 0.25) is 0 Å². The minimum Gasteiger partial charge on any atom is -0.368 e. The van der Waals surface area contributed by atoms with Gasteiger partial charge in [0.1, 0.15) is 5.69 Å². The van der Waals surface area contributed by atoms with Crippen LogP contribution >= 0.6 is 0 Å². The standard InChI is InChI=1S/C17H21N3O2S/c1-11-9-13-12(2)15-17(21)18-3-4-20(15)16(13)14(10-11)19-5-7-23(22)8-6-19/h9-10H,3-8H2,1-2H3,(H,18,21). The molecule has 4 rings (SSSR count). The number of anilines is 1. The van der Waals surface area contributed by atoms with Crippen molar-refractivity contribution in [3.8, 4) is 0 Å². The van der Waals surface area contributed by atoms with Crippen molar-refractivity contribution in [1.82, 2.24) is 9.88 Å². The largest absolute Gasteiger partial charge is 0.368 e. The molecule has 1 saturated heterocycles. The summed E-state index contributed by atoms with van der Waals surface area (Å²) in [6.45, 7) is 7.25. The zero-order chi connectivity index (χ0) is 16.1. The van der Waals surface area contributed by atoms with Gasteiger partial charge in [0.05, 0.1) is 11.2 Å². The summed E-state index contributed by atoms with van der Waals surface area (Å²) in [7, 11) is -0.689. The van der Waals surface area contributed by atoms with Crippen LogP contribution in [0.15, 0.2) is 12.1 Å². The predicted octanol–water partition coefficient (Wildman–Crippen LogP) is 1.57. The molecule has 0 radical (unpaired) electrons. The highest BCUT2D eigenvalue weighted by molar-refractivity contribution is 7.85. The molecule has 0 spiro atoms. The van der Waals surface area contributed by atoms with Gasteiger partial charge in [-0.25, -0.2) is 0 Å². The summed E-state index contributed by atoms with van der Waals surface area (Å²) in [4.78, 5) is 14.6. The second-order valence-corrected chi connectivity index (χ2v) is 8.09. The van der Waals surface area contributed by atoms with Gasteiger partial charge in [-0.1, -0.05) is 0 Å². The van der Waals surface area contributed by atoms with Crippen molar-refractivity contribution >= 4 is 33.3 Å². The molecule has 1 aromatic heterocycles. The third-order valence-corrected chi connectivity index (χ3v) is 6.16. The SMILES string of the molecule is Cc1cc(N2CCS(=O)CC2)c2c(c1)c(C)c1n2CCNC1=O. The molecule has 122 valence electrons. The Hall–Kier alpha value is -1.82. The van der Waals surface area contributed by atoms with E-state index >= 15 is 0 Å². The molecule has 0 atom stereocenters. The molecule has 3 heterocycles. The molecule has 5 nitrogen and oxygen atoms in total. The molecule has 1 fully saturated rings. The number of hydrogen-bond donors (Lipinski definition) is 1. The van der Waals surface area contributed by atoms with E-state index in [0.29, 0.717) is 6.54 Å². The summed E-state index contributed by atoms with van der Waals surface area (Å²) in [5.41, 5.74) is 5.39. The fourth-order valence-electron chi connectivity index (χ4n) is 3.77. The topological polar surface area (TPSA) is 54.3 Å². The first-order valence-corrected chi connectivity index (χ1v) is 9.56. The van der Waals surface area contributed by atoms with E-state index < -0.39 is 10.8 Å². The number of benzene rings is 1. The molecule has 2 aliphatic heterocycles.